The monoisotopic (exact) mass is 350 g/mol. The molecule has 0 bridgehead atoms. The highest BCUT2D eigenvalue weighted by atomic mass is 32.2. The fourth-order valence-electron chi connectivity index (χ4n) is 1.91. The van der Waals surface area contributed by atoms with E-state index >= 15 is 0 Å². The maximum absolute atomic E-state index is 12.9. The minimum Gasteiger partial charge on any atom is -0.325 e. The van der Waals surface area contributed by atoms with E-state index in [2.05, 4.69) is 5.32 Å². The first-order valence-electron chi connectivity index (χ1n) is 7.41. The Balaban J connectivity index is 2.06. The minimum atomic E-state index is -0.554. The van der Waals surface area contributed by atoms with Crippen molar-refractivity contribution in [3.05, 3.63) is 41.2 Å². The van der Waals surface area contributed by atoms with E-state index in [1.54, 1.807) is 20.8 Å². The van der Waals surface area contributed by atoms with Crippen molar-refractivity contribution >= 4 is 35.0 Å². The second-order valence-electron chi connectivity index (χ2n) is 6.42. The Morgan fingerprint density at radius 3 is 2.50 bits per heavy atom. The van der Waals surface area contributed by atoms with Crippen LogP contribution in [0.25, 0.3) is 0 Å². The molecule has 1 aromatic rings. The van der Waals surface area contributed by atoms with Gasteiger partial charge in [-0.2, -0.15) is 0 Å². The first-order valence-corrected chi connectivity index (χ1v) is 8.40. The summed E-state index contributed by atoms with van der Waals surface area (Å²) in [6, 6.07) is 5.35. The first-order chi connectivity index (χ1) is 11.2. The van der Waals surface area contributed by atoms with E-state index in [4.69, 9.17) is 0 Å². The number of carbonyl (C=O) groups is 3. The highest BCUT2D eigenvalue weighted by molar-refractivity contribution is 8.04. The molecule has 5 nitrogen and oxygen atoms in total. The SMILES string of the molecule is CC(C)(C)C(=O)C=C1SCC(=O)N1CC(=O)Nc1ccc(F)cc1. The molecule has 128 valence electrons. The van der Waals surface area contributed by atoms with Gasteiger partial charge < -0.3 is 5.32 Å². The molecule has 0 aromatic heterocycles. The lowest BCUT2D eigenvalue weighted by Gasteiger charge is -2.19. The quantitative estimate of drug-likeness (QED) is 0.848. The molecule has 1 fully saturated rings. The number of carbonyl (C=O) groups excluding carboxylic acids is 3. The Kier molecular flexibility index (Phi) is 5.43. The van der Waals surface area contributed by atoms with Gasteiger partial charge in [0.05, 0.1) is 10.8 Å². The van der Waals surface area contributed by atoms with Crippen LogP contribution >= 0.6 is 11.8 Å². The molecule has 2 amide bonds. The zero-order chi connectivity index (χ0) is 17.9. The van der Waals surface area contributed by atoms with Gasteiger partial charge in [-0.3, -0.25) is 19.3 Å². The molecular weight excluding hydrogens is 331 g/mol. The number of allylic oxidation sites excluding steroid dienone is 1. The number of rotatable bonds is 4. The van der Waals surface area contributed by atoms with E-state index in [1.165, 1.54) is 47.0 Å². The van der Waals surface area contributed by atoms with Crippen LogP contribution in [0.15, 0.2) is 35.4 Å². The fourth-order valence-corrected chi connectivity index (χ4v) is 2.85. The average Bonchev–Trinajstić information content (AvgIpc) is 2.81. The van der Waals surface area contributed by atoms with E-state index in [9.17, 15) is 18.8 Å². The molecule has 1 heterocycles. The van der Waals surface area contributed by atoms with Crippen molar-refractivity contribution in [1.82, 2.24) is 4.90 Å². The van der Waals surface area contributed by atoms with Gasteiger partial charge in [-0.25, -0.2) is 4.39 Å². The van der Waals surface area contributed by atoms with E-state index in [-0.39, 0.29) is 24.0 Å². The molecule has 1 aliphatic heterocycles. The molecule has 0 saturated carbocycles. The third-order valence-corrected chi connectivity index (χ3v) is 4.36. The predicted molar refractivity (Wildman–Crippen MR) is 91.7 cm³/mol. The number of nitrogens with zero attached hydrogens (tertiary/aromatic N) is 1. The van der Waals surface area contributed by atoms with Gasteiger partial charge in [0.2, 0.25) is 11.8 Å². The molecule has 1 aliphatic rings. The second kappa shape index (κ2) is 7.17. The standard InChI is InChI=1S/C17H19FN2O3S/c1-17(2,3)13(21)8-16-20(15(23)10-24-16)9-14(22)19-12-6-4-11(18)5-7-12/h4-8H,9-10H2,1-3H3,(H,19,22). The molecule has 0 aliphatic carbocycles. The van der Waals surface area contributed by atoms with Crippen LogP contribution in [0.3, 0.4) is 0 Å². The number of nitrogens with one attached hydrogen (secondary N) is 1. The van der Waals surface area contributed by atoms with Crippen molar-refractivity contribution < 1.29 is 18.8 Å². The molecule has 24 heavy (non-hydrogen) atoms. The predicted octanol–water partition coefficient (Wildman–Crippen LogP) is 2.80. The third kappa shape index (κ3) is 4.67. The Morgan fingerprint density at radius 2 is 1.92 bits per heavy atom. The number of anilines is 1. The molecule has 1 saturated heterocycles. The van der Waals surface area contributed by atoms with Crippen LogP contribution in [-0.2, 0) is 14.4 Å². The van der Waals surface area contributed by atoms with Crippen LogP contribution in [0.1, 0.15) is 20.8 Å². The van der Waals surface area contributed by atoms with Crippen LogP contribution in [0.2, 0.25) is 0 Å². The van der Waals surface area contributed by atoms with Gasteiger partial charge in [0.1, 0.15) is 12.4 Å². The molecule has 1 aromatic carbocycles. The van der Waals surface area contributed by atoms with Crippen molar-refractivity contribution in [3.63, 3.8) is 0 Å². The smallest absolute Gasteiger partial charge is 0.244 e. The number of hydrogen-bond donors (Lipinski definition) is 1. The van der Waals surface area contributed by atoms with Crippen molar-refractivity contribution in [2.45, 2.75) is 20.8 Å². The molecule has 0 unspecified atom stereocenters. The maximum atomic E-state index is 12.9. The van der Waals surface area contributed by atoms with Gasteiger partial charge in [-0.1, -0.05) is 32.5 Å². The van der Waals surface area contributed by atoms with E-state index < -0.39 is 17.1 Å². The summed E-state index contributed by atoms with van der Waals surface area (Å²) in [6.07, 6.45) is 1.42. The second-order valence-corrected chi connectivity index (χ2v) is 7.42. The molecule has 0 atom stereocenters. The Morgan fingerprint density at radius 1 is 1.29 bits per heavy atom. The van der Waals surface area contributed by atoms with Gasteiger partial charge in [-0.15, -0.1) is 0 Å². The lowest BCUT2D eigenvalue weighted by molar-refractivity contribution is -0.129. The van der Waals surface area contributed by atoms with Crippen molar-refractivity contribution in [2.24, 2.45) is 5.41 Å². The van der Waals surface area contributed by atoms with E-state index in [0.29, 0.717) is 10.7 Å². The summed E-state index contributed by atoms with van der Waals surface area (Å²) in [5, 5.41) is 3.08. The van der Waals surface area contributed by atoms with E-state index in [0.717, 1.165) is 0 Å². The largest absolute Gasteiger partial charge is 0.325 e. The van der Waals surface area contributed by atoms with Gasteiger partial charge >= 0.3 is 0 Å². The van der Waals surface area contributed by atoms with Gasteiger partial charge in [0.15, 0.2) is 5.78 Å². The van der Waals surface area contributed by atoms with Crippen molar-refractivity contribution in [1.29, 1.82) is 0 Å². The van der Waals surface area contributed by atoms with Crippen LogP contribution in [-0.4, -0.2) is 34.8 Å². The van der Waals surface area contributed by atoms with Gasteiger partial charge in [-0.05, 0) is 24.3 Å². The summed E-state index contributed by atoms with van der Waals surface area (Å²) in [6.45, 7) is 5.19. The molecular formula is C17H19FN2O3S. The molecule has 7 heteroatoms. The highest BCUT2D eigenvalue weighted by Crippen LogP contribution is 2.30. The number of halogens is 1. The lowest BCUT2D eigenvalue weighted by Crippen LogP contribution is -2.34. The number of amides is 2. The fraction of sp³-hybridized carbons (Fsp3) is 0.353. The van der Waals surface area contributed by atoms with Gasteiger partial charge in [0, 0.05) is 17.2 Å². The number of ketones is 1. The van der Waals surface area contributed by atoms with Crippen LogP contribution in [0.5, 0.6) is 0 Å². The molecule has 0 radical (unpaired) electrons. The topological polar surface area (TPSA) is 66.5 Å². The number of thioether (sulfide) groups is 1. The summed E-state index contributed by atoms with van der Waals surface area (Å²) < 4.78 is 12.9. The normalized spacial score (nSPS) is 16.6. The minimum absolute atomic E-state index is 0.108. The third-order valence-electron chi connectivity index (χ3n) is 3.33. The van der Waals surface area contributed by atoms with Gasteiger partial charge in [0.25, 0.3) is 0 Å². The zero-order valence-electron chi connectivity index (χ0n) is 13.8. The zero-order valence-corrected chi connectivity index (χ0v) is 14.6. The summed E-state index contributed by atoms with van der Waals surface area (Å²) in [5.41, 5.74) is -0.113. The molecule has 1 N–H and O–H groups in total. The van der Waals surface area contributed by atoms with E-state index in [1.807, 2.05) is 0 Å². The Hall–Kier alpha value is -2.15. The number of hydrogen-bond acceptors (Lipinski definition) is 4. The summed E-state index contributed by atoms with van der Waals surface area (Å²) in [7, 11) is 0. The van der Waals surface area contributed by atoms with Crippen LogP contribution in [0.4, 0.5) is 10.1 Å². The summed E-state index contributed by atoms with van der Waals surface area (Å²) in [5.74, 6) is -0.935. The average molecular weight is 350 g/mol. The van der Waals surface area contributed by atoms with Crippen molar-refractivity contribution in [3.8, 4) is 0 Å². The number of benzene rings is 1. The first kappa shape index (κ1) is 18.2. The Bertz CT molecular complexity index is 693. The van der Waals surface area contributed by atoms with Crippen LogP contribution in [0, 0.1) is 11.2 Å². The summed E-state index contributed by atoms with van der Waals surface area (Å²) >= 11 is 1.24. The lowest BCUT2D eigenvalue weighted by atomic mass is 9.91. The van der Waals surface area contributed by atoms with Crippen molar-refractivity contribution in [2.75, 3.05) is 17.6 Å². The van der Waals surface area contributed by atoms with Crippen LogP contribution < -0.4 is 5.32 Å². The molecule has 2 rings (SSSR count). The maximum Gasteiger partial charge on any atom is 0.244 e. The molecule has 0 spiro atoms. The Labute approximate surface area is 144 Å². The summed E-state index contributed by atoms with van der Waals surface area (Å²) in [4.78, 5) is 37.5. The highest BCUT2D eigenvalue weighted by Gasteiger charge is 2.30.